The van der Waals surface area contributed by atoms with Crippen LogP contribution in [0.3, 0.4) is 0 Å². The van der Waals surface area contributed by atoms with Crippen LogP contribution in [0.5, 0.6) is 0 Å². The highest BCUT2D eigenvalue weighted by Gasteiger charge is 2.25. The first-order chi connectivity index (χ1) is 13.5. The fourth-order valence-corrected chi connectivity index (χ4v) is 3.61. The van der Waals surface area contributed by atoms with E-state index in [1.54, 1.807) is 4.90 Å². The molecule has 0 radical (unpaired) electrons. The summed E-state index contributed by atoms with van der Waals surface area (Å²) in [6.45, 7) is 2.16. The van der Waals surface area contributed by atoms with Crippen molar-refractivity contribution in [2.75, 3.05) is 11.4 Å². The number of hydrogen-bond acceptors (Lipinski definition) is 3. The van der Waals surface area contributed by atoms with E-state index in [4.69, 9.17) is 0 Å². The molecular weight excluding hydrogens is 356 g/mol. The number of para-hydroxylation sites is 1. The number of rotatable bonds is 7. The lowest BCUT2D eigenvalue weighted by molar-refractivity contribution is -0.137. The quantitative estimate of drug-likeness (QED) is 0.773. The van der Waals surface area contributed by atoms with Gasteiger partial charge in [-0.3, -0.25) is 14.4 Å². The highest BCUT2D eigenvalue weighted by molar-refractivity contribution is 5.97. The summed E-state index contributed by atoms with van der Waals surface area (Å²) in [6.07, 6.45) is 1.07. The minimum Gasteiger partial charge on any atom is -0.481 e. The Morgan fingerprint density at radius 2 is 1.82 bits per heavy atom. The van der Waals surface area contributed by atoms with Gasteiger partial charge in [0.1, 0.15) is 0 Å². The summed E-state index contributed by atoms with van der Waals surface area (Å²) in [7, 11) is 0. The number of nitrogens with one attached hydrogen (secondary N) is 1. The van der Waals surface area contributed by atoms with E-state index in [2.05, 4.69) is 5.32 Å². The minimum atomic E-state index is -0.978. The minimum absolute atomic E-state index is 0.00693. The molecule has 0 spiro atoms. The van der Waals surface area contributed by atoms with Crippen LogP contribution >= 0.6 is 0 Å². The molecule has 2 amide bonds. The first-order valence-corrected chi connectivity index (χ1v) is 9.40. The van der Waals surface area contributed by atoms with E-state index >= 15 is 0 Å². The molecule has 3 rings (SSSR count). The summed E-state index contributed by atoms with van der Waals surface area (Å²) in [5.41, 5.74) is 3.67. The van der Waals surface area contributed by atoms with Crippen molar-refractivity contribution in [1.82, 2.24) is 5.32 Å². The van der Waals surface area contributed by atoms with E-state index in [1.165, 1.54) is 0 Å². The van der Waals surface area contributed by atoms with E-state index in [1.807, 2.05) is 55.5 Å². The Balaban J connectivity index is 1.68. The van der Waals surface area contributed by atoms with Crippen molar-refractivity contribution in [1.29, 1.82) is 0 Å². The number of carbonyl (C=O) groups is 3. The molecule has 2 N–H and O–H groups in total. The first kappa shape index (κ1) is 19.6. The van der Waals surface area contributed by atoms with Gasteiger partial charge in [-0.1, -0.05) is 42.5 Å². The maximum Gasteiger partial charge on any atom is 0.305 e. The average molecular weight is 380 g/mol. The fraction of sp³-hybridized carbons (Fsp3) is 0.318. The van der Waals surface area contributed by atoms with Crippen LogP contribution < -0.4 is 10.2 Å². The molecular formula is C22H24N2O4. The standard InChI is InChI=1S/C22H24N2O4/c1-15-6-2-4-8-17(15)18(14-22(27)28)23-20(25)12-13-24-19-9-5-3-7-16(19)10-11-21(24)26/h2-9,18H,10-14H2,1H3,(H,23,25)(H,27,28)/t18-/m0/s1. The maximum absolute atomic E-state index is 12.5. The molecule has 1 heterocycles. The zero-order chi connectivity index (χ0) is 20.1. The molecule has 146 valence electrons. The lowest BCUT2D eigenvalue weighted by atomic mass is 9.98. The molecule has 0 fully saturated rings. The number of nitrogens with zero attached hydrogens (tertiary/aromatic N) is 1. The molecule has 1 aliphatic heterocycles. The Morgan fingerprint density at radius 3 is 2.57 bits per heavy atom. The van der Waals surface area contributed by atoms with Gasteiger partial charge in [0.2, 0.25) is 11.8 Å². The molecule has 6 heteroatoms. The number of amides is 2. The number of fused-ring (bicyclic) bond motifs is 1. The molecule has 2 aromatic rings. The van der Waals surface area contributed by atoms with Crippen LogP contribution in [0.15, 0.2) is 48.5 Å². The van der Waals surface area contributed by atoms with Crippen LogP contribution in [0.25, 0.3) is 0 Å². The second-order valence-electron chi connectivity index (χ2n) is 7.00. The average Bonchev–Trinajstić information content (AvgIpc) is 2.67. The SMILES string of the molecule is Cc1ccccc1[C@H](CC(=O)O)NC(=O)CCN1C(=O)CCc2ccccc21. The number of aliphatic carboxylic acids is 1. The van der Waals surface area contributed by atoms with E-state index in [9.17, 15) is 19.5 Å². The van der Waals surface area contributed by atoms with Crippen molar-refractivity contribution in [3.63, 3.8) is 0 Å². The van der Waals surface area contributed by atoms with Crippen molar-refractivity contribution in [3.8, 4) is 0 Å². The second kappa shape index (κ2) is 8.69. The Kier molecular flexibility index (Phi) is 6.09. The number of carbonyl (C=O) groups excluding carboxylic acids is 2. The van der Waals surface area contributed by atoms with Crippen LogP contribution in [-0.2, 0) is 20.8 Å². The van der Waals surface area contributed by atoms with Crippen LogP contribution in [0.2, 0.25) is 0 Å². The van der Waals surface area contributed by atoms with Gasteiger partial charge in [0.05, 0.1) is 12.5 Å². The molecule has 2 aromatic carbocycles. The highest BCUT2D eigenvalue weighted by Crippen LogP contribution is 2.27. The normalized spacial score (nSPS) is 14.3. The van der Waals surface area contributed by atoms with Crippen LogP contribution in [0, 0.1) is 6.92 Å². The summed E-state index contributed by atoms with van der Waals surface area (Å²) < 4.78 is 0. The Hall–Kier alpha value is -3.15. The molecule has 1 atom stereocenters. The van der Waals surface area contributed by atoms with Gasteiger partial charge in [-0.05, 0) is 36.1 Å². The summed E-state index contributed by atoms with van der Waals surface area (Å²) in [5, 5.41) is 12.0. The topological polar surface area (TPSA) is 86.7 Å². The number of benzene rings is 2. The first-order valence-electron chi connectivity index (χ1n) is 9.40. The molecule has 0 bridgehead atoms. The third-order valence-electron chi connectivity index (χ3n) is 5.03. The number of carboxylic acid groups (broad SMARTS) is 1. The third-order valence-corrected chi connectivity index (χ3v) is 5.03. The number of hydrogen-bond donors (Lipinski definition) is 2. The van der Waals surface area contributed by atoms with Gasteiger partial charge < -0.3 is 15.3 Å². The zero-order valence-electron chi connectivity index (χ0n) is 15.9. The van der Waals surface area contributed by atoms with Crippen molar-refractivity contribution >= 4 is 23.5 Å². The molecule has 28 heavy (non-hydrogen) atoms. The lowest BCUT2D eigenvalue weighted by Crippen LogP contribution is -2.39. The summed E-state index contributed by atoms with van der Waals surface area (Å²) in [4.78, 5) is 37.8. The monoisotopic (exact) mass is 380 g/mol. The number of carboxylic acids is 1. The van der Waals surface area contributed by atoms with Gasteiger partial charge in [-0.25, -0.2) is 0 Å². The Bertz CT molecular complexity index is 894. The van der Waals surface area contributed by atoms with Gasteiger partial charge in [-0.2, -0.15) is 0 Å². The van der Waals surface area contributed by atoms with Crippen LogP contribution in [-0.4, -0.2) is 29.4 Å². The Morgan fingerprint density at radius 1 is 1.11 bits per heavy atom. The molecule has 0 aliphatic carbocycles. The van der Waals surface area contributed by atoms with Crippen molar-refractivity contribution in [2.24, 2.45) is 0 Å². The lowest BCUT2D eigenvalue weighted by Gasteiger charge is -2.29. The van der Waals surface area contributed by atoms with Crippen LogP contribution in [0.1, 0.15) is 42.0 Å². The number of anilines is 1. The van der Waals surface area contributed by atoms with Gasteiger partial charge >= 0.3 is 5.97 Å². The van der Waals surface area contributed by atoms with E-state index < -0.39 is 12.0 Å². The highest BCUT2D eigenvalue weighted by atomic mass is 16.4. The van der Waals surface area contributed by atoms with Crippen molar-refractivity contribution in [3.05, 3.63) is 65.2 Å². The van der Waals surface area contributed by atoms with Gasteiger partial charge in [0, 0.05) is 25.1 Å². The predicted molar refractivity (Wildman–Crippen MR) is 106 cm³/mol. The van der Waals surface area contributed by atoms with Gasteiger partial charge in [0.15, 0.2) is 0 Å². The zero-order valence-corrected chi connectivity index (χ0v) is 15.9. The van der Waals surface area contributed by atoms with Gasteiger partial charge in [0.25, 0.3) is 0 Å². The molecule has 0 unspecified atom stereocenters. The Labute approximate surface area is 164 Å². The summed E-state index contributed by atoms with van der Waals surface area (Å²) >= 11 is 0. The van der Waals surface area contributed by atoms with Gasteiger partial charge in [-0.15, -0.1) is 0 Å². The van der Waals surface area contributed by atoms with E-state index in [-0.39, 0.29) is 31.2 Å². The largest absolute Gasteiger partial charge is 0.481 e. The van der Waals surface area contributed by atoms with E-state index in [0.29, 0.717) is 12.8 Å². The molecule has 0 aromatic heterocycles. The smallest absolute Gasteiger partial charge is 0.305 e. The third kappa shape index (κ3) is 4.57. The maximum atomic E-state index is 12.5. The summed E-state index contributed by atoms with van der Waals surface area (Å²) in [5.74, 6) is -1.24. The predicted octanol–water partition coefficient (Wildman–Crippen LogP) is 3.00. The molecule has 1 aliphatic rings. The van der Waals surface area contributed by atoms with Crippen LogP contribution in [0.4, 0.5) is 5.69 Å². The molecule has 6 nitrogen and oxygen atoms in total. The summed E-state index contributed by atoms with van der Waals surface area (Å²) in [6, 6.07) is 14.5. The van der Waals surface area contributed by atoms with Crippen molar-refractivity contribution in [2.45, 2.75) is 38.6 Å². The molecule has 0 saturated heterocycles. The fourth-order valence-electron chi connectivity index (χ4n) is 3.61. The molecule has 0 saturated carbocycles. The van der Waals surface area contributed by atoms with E-state index in [0.717, 1.165) is 22.4 Å². The second-order valence-corrected chi connectivity index (χ2v) is 7.00. The van der Waals surface area contributed by atoms with Crippen molar-refractivity contribution < 1.29 is 19.5 Å². The number of aryl methyl sites for hydroxylation is 2.